The normalized spacial score (nSPS) is 11.4. The van der Waals surface area contributed by atoms with E-state index < -0.39 is 0 Å². The van der Waals surface area contributed by atoms with Crippen molar-refractivity contribution >= 4 is 80.9 Å². The summed E-state index contributed by atoms with van der Waals surface area (Å²) in [5.41, 5.74) is 8.79. The lowest BCUT2D eigenvalue weighted by atomic mass is 10.1. The van der Waals surface area contributed by atoms with Crippen molar-refractivity contribution in [2.45, 2.75) is 13.3 Å². The molecular formula is C42H28Br3FN8+2. The molecule has 0 saturated heterocycles. The van der Waals surface area contributed by atoms with Gasteiger partial charge in [-0.1, -0.05) is 83.0 Å². The first-order chi connectivity index (χ1) is 26.3. The second kappa shape index (κ2) is 14.1. The molecule has 0 N–H and O–H groups in total. The highest BCUT2D eigenvalue weighted by atomic mass is 79.9. The molecule has 9 rings (SSSR count). The number of benzene rings is 5. The Morgan fingerprint density at radius 1 is 0.704 bits per heavy atom. The summed E-state index contributed by atoms with van der Waals surface area (Å²) in [5, 5.41) is 0. The molecular weight excluding hydrogens is 875 g/mol. The van der Waals surface area contributed by atoms with Gasteiger partial charge in [-0.3, -0.25) is 9.13 Å². The Morgan fingerprint density at radius 3 is 2.13 bits per heavy atom. The number of hydrogen-bond acceptors (Lipinski definition) is 3. The van der Waals surface area contributed by atoms with Gasteiger partial charge >= 0.3 is 18.6 Å². The number of halogens is 4. The van der Waals surface area contributed by atoms with Crippen molar-refractivity contribution < 1.29 is 8.96 Å². The van der Waals surface area contributed by atoms with Crippen LogP contribution in [0.4, 0.5) is 4.39 Å². The van der Waals surface area contributed by atoms with E-state index in [1.54, 1.807) is 6.07 Å². The molecule has 0 atom stereocenters. The van der Waals surface area contributed by atoms with E-state index in [9.17, 15) is 4.39 Å². The maximum absolute atomic E-state index is 14.4. The molecule has 0 saturated carbocycles. The van der Waals surface area contributed by atoms with Gasteiger partial charge < -0.3 is 0 Å². The van der Waals surface area contributed by atoms with Crippen LogP contribution in [0.2, 0.25) is 0 Å². The summed E-state index contributed by atoms with van der Waals surface area (Å²) in [6.07, 6.45) is 1.82. The molecule has 0 bridgehead atoms. The van der Waals surface area contributed by atoms with Crippen LogP contribution in [0.25, 0.3) is 72.2 Å². The molecule has 0 radical (unpaired) electrons. The molecule has 0 aliphatic rings. The lowest BCUT2D eigenvalue weighted by molar-refractivity contribution is -0.665. The molecule has 0 aliphatic heterocycles. The molecule has 0 spiro atoms. The highest BCUT2D eigenvalue weighted by molar-refractivity contribution is 9.11. The molecule has 0 fully saturated rings. The second-order valence-electron chi connectivity index (χ2n) is 12.8. The van der Waals surface area contributed by atoms with Crippen molar-refractivity contribution in [2.75, 3.05) is 0 Å². The minimum atomic E-state index is -0.326. The molecule has 4 heterocycles. The van der Waals surface area contributed by atoms with Crippen LogP contribution in [0, 0.1) is 11.9 Å². The minimum absolute atomic E-state index is 0.214. The molecule has 0 amide bonds. The molecule has 12 heteroatoms. The molecule has 5 aromatic carbocycles. The van der Waals surface area contributed by atoms with Crippen molar-refractivity contribution in [1.29, 1.82) is 0 Å². The number of aryl methyl sites for hydroxylation is 1. The van der Waals surface area contributed by atoms with Crippen LogP contribution in [0.5, 0.6) is 0 Å². The molecule has 8 nitrogen and oxygen atoms in total. The summed E-state index contributed by atoms with van der Waals surface area (Å²) < 4.78 is 25.9. The van der Waals surface area contributed by atoms with E-state index in [1.165, 1.54) is 12.1 Å². The summed E-state index contributed by atoms with van der Waals surface area (Å²) >= 11 is 11.0. The molecule has 54 heavy (non-hydrogen) atoms. The van der Waals surface area contributed by atoms with Gasteiger partial charge in [-0.15, -0.1) is 0 Å². The van der Waals surface area contributed by atoms with Gasteiger partial charge in [0.1, 0.15) is 23.0 Å². The number of hydrogen-bond donors (Lipinski definition) is 0. The maximum Gasteiger partial charge on any atom is 0.344 e. The zero-order chi connectivity index (χ0) is 36.9. The predicted octanol–water partition coefficient (Wildman–Crippen LogP) is 10.8. The van der Waals surface area contributed by atoms with E-state index in [4.69, 9.17) is 19.8 Å². The van der Waals surface area contributed by atoms with Crippen LogP contribution in [0.1, 0.15) is 5.56 Å². The Kier molecular flexibility index (Phi) is 8.93. The van der Waals surface area contributed by atoms with Crippen LogP contribution >= 0.6 is 47.8 Å². The average molecular weight is 903 g/mol. The fraction of sp³-hybridized carbons (Fsp3) is 0.0714. The predicted molar refractivity (Wildman–Crippen MR) is 221 cm³/mol. The minimum Gasteiger partial charge on any atom is -0.286 e. The van der Waals surface area contributed by atoms with E-state index in [1.807, 2.05) is 83.6 Å². The van der Waals surface area contributed by atoms with Gasteiger partial charge in [0.05, 0.1) is 29.1 Å². The van der Waals surface area contributed by atoms with Crippen molar-refractivity contribution in [3.05, 3.63) is 157 Å². The lowest BCUT2D eigenvalue weighted by Gasteiger charge is -2.10. The molecule has 9 aromatic rings. The lowest BCUT2D eigenvalue weighted by Crippen LogP contribution is -2.39. The van der Waals surface area contributed by atoms with Gasteiger partial charge in [-0.05, 0) is 84.9 Å². The van der Waals surface area contributed by atoms with Gasteiger partial charge in [0.25, 0.3) is 0 Å². The number of imidazole rings is 3. The van der Waals surface area contributed by atoms with Crippen LogP contribution in [-0.2, 0) is 20.4 Å². The number of nitrogens with zero attached hydrogens (tertiary/aromatic N) is 8. The Balaban J connectivity index is 1.18. The van der Waals surface area contributed by atoms with Crippen molar-refractivity contribution in [3.63, 3.8) is 0 Å². The summed E-state index contributed by atoms with van der Waals surface area (Å²) in [6.45, 7) is 0.664. The zero-order valence-electron chi connectivity index (χ0n) is 28.6. The fourth-order valence-electron chi connectivity index (χ4n) is 6.99. The highest BCUT2D eigenvalue weighted by Gasteiger charge is 2.28. The maximum atomic E-state index is 14.4. The van der Waals surface area contributed by atoms with E-state index in [0.29, 0.717) is 18.1 Å². The van der Waals surface area contributed by atoms with Crippen LogP contribution in [-0.4, -0.2) is 28.7 Å². The summed E-state index contributed by atoms with van der Waals surface area (Å²) in [4.78, 5) is 19.7. The number of aromatic nitrogens is 7. The first kappa shape index (κ1) is 34.3. The van der Waals surface area contributed by atoms with Gasteiger partial charge in [0, 0.05) is 36.8 Å². The Bertz CT molecular complexity index is 2970. The van der Waals surface area contributed by atoms with Crippen molar-refractivity contribution in [2.24, 2.45) is 7.05 Å². The number of fused-ring (bicyclic) bond motifs is 3. The Labute approximate surface area is 334 Å². The average Bonchev–Trinajstić information content (AvgIpc) is 3.81. The van der Waals surface area contributed by atoms with E-state index in [0.717, 1.165) is 75.0 Å². The van der Waals surface area contributed by atoms with E-state index >= 15 is 0 Å². The largest absolute Gasteiger partial charge is 0.344 e. The first-order valence-electron chi connectivity index (χ1n) is 17.0. The third kappa shape index (κ3) is 6.22. The summed E-state index contributed by atoms with van der Waals surface area (Å²) in [5.74, 6) is 2.03. The second-order valence-corrected chi connectivity index (χ2v) is 15.5. The third-order valence-electron chi connectivity index (χ3n) is 9.42. The van der Waals surface area contributed by atoms with Gasteiger partial charge in [0.2, 0.25) is 0 Å². The topological polar surface area (TPSA) is 61.7 Å². The van der Waals surface area contributed by atoms with Crippen molar-refractivity contribution in [3.8, 4) is 40.4 Å². The quantitative estimate of drug-likeness (QED) is 0.156. The molecule has 262 valence electrons. The Hall–Kier alpha value is -5.48. The van der Waals surface area contributed by atoms with Gasteiger partial charge in [-0.2, -0.15) is 0 Å². The SMILES string of the molecule is Cn1c(-c2ccccn2)[n+](Cn2c(-c3ccccc3C#[N+]Cn3c(-c4cccc(F)c4)nc4ccc(Br)cc43)nc3ccc(Br)cc32)c2ccc(Br)cc21. The fourth-order valence-corrected chi connectivity index (χ4v) is 8.04. The number of pyridine rings is 1. The van der Waals surface area contributed by atoms with Crippen molar-refractivity contribution in [1.82, 2.24) is 28.7 Å². The van der Waals surface area contributed by atoms with Gasteiger partial charge in [0.15, 0.2) is 23.4 Å². The molecule has 0 aliphatic carbocycles. The number of rotatable bonds is 6. The molecule has 4 aromatic heterocycles. The summed E-state index contributed by atoms with van der Waals surface area (Å²) in [7, 11) is 2.07. The highest BCUT2D eigenvalue weighted by Crippen LogP contribution is 2.32. The van der Waals surface area contributed by atoms with Crippen LogP contribution in [0.3, 0.4) is 0 Å². The van der Waals surface area contributed by atoms with Crippen LogP contribution < -0.4 is 4.57 Å². The smallest absolute Gasteiger partial charge is 0.286 e. The monoisotopic (exact) mass is 900 g/mol. The molecule has 0 unspecified atom stereocenters. The van der Waals surface area contributed by atoms with Gasteiger partial charge in [-0.25, -0.2) is 28.5 Å². The zero-order valence-corrected chi connectivity index (χ0v) is 33.4. The van der Waals surface area contributed by atoms with E-state index in [-0.39, 0.29) is 12.5 Å². The third-order valence-corrected chi connectivity index (χ3v) is 10.9. The van der Waals surface area contributed by atoms with Crippen LogP contribution in [0.15, 0.2) is 141 Å². The first-order valence-corrected chi connectivity index (χ1v) is 19.4. The van der Waals surface area contributed by atoms with E-state index in [2.05, 4.69) is 105 Å². The standard InChI is InChI=1S/C42H28Br3FN8/c1-51-39-22-30(45)14-17-36(39)54(42(51)35-11-4-5-18-48-35)25-53-38-21-29(44)13-16-34(38)50-41(53)32-10-3-2-7-27(32)23-47-24-52-37-20-28(43)12-15-33(37)49-40(52)26-8-6-9-31(46)19-26/h2-22H,24-25H2,1H3/q+2. The Morgan fingerprint density at radius 2 is 1.39 bits per heavy atom. The summed E-state index contributed by atoms with van der Waals surface area (Å²) in [6, 6.07) is 42.2.